The Kier molecular flexibility index (Phi) is 4.12. The van der Waals surface area contributed by atoms with Crippen molar-refractivity contribution in [1.82, 2.24) is 9.97 Å². The number of hydrogen-bond acceptors (Lipinski definition) is 4. The van der Waals surface area contributed by atoms with E-state index in [1.54, 1.807) is 24.5 Å². The molecule has 6 heteroatoms. The van der Waals surface area contributed by atoms with E-state index in [-0.39, 0.29) is 0 Å². The molecule has 3 rings (SSSR count). The molecule has 1 aromatic heterocycles. The summed E-state index contributed by atoms with van der Waals surface area (Å²) in [4.78, 5) is 17.4. The van der Waals surface area contributed by atoms with Crippen molar-refractivity contribution < 1.29 is 0 Å². The lowest BCUT2D eigenvalue weighted by molar-refractivity contribution is 1.12. The molecule has 2 heterocycles. The molecular weight excluding hydrogens is 298 g/mol. The molecule has 0 aliphatic carbocycles. The summed E-state index contributed by atoms with van der Waals surface area (Å²) >= 11 is 6.12. The van der Waals surface area contributed by atoms with E-state index in [0.717, 1.165) is 11.3 Å². The topological polar surface area (TPSA) is 62.5 Å². The third-order valence-corrected chi connectivity index (χ3v) is 3.28. The molecule has 22 heavy (non-hydrogen) atoms. The van der Waals surface area contributed by atoms with Gasteiger partial charge in [0.15, 0.2) is 5.82 Å². The zero-order valence-corrected chi connectivity index (χ0v) is 12.4. The van der Waals surface area contributed by atoms with Crippen molar-refractivity contribution >= 4 is 28.8 Å². The van der Waals surface area contributed by atoms with Gasteiger partial charge in [-0.05, 0) is 24.3 Å². The van der Waals surface area contributed by atoms with Gasteiger partial charge in [-0.15, -0.1) is 6.42 Å². The van der Waals surface area contributed by atoms with Crippen molar-refractivity contribution in [2.45, 2.75) is 0 Å². The maximum Gasteiger partial charge on any atom is 0.178 e. The number of rotatable bonds is 2. The molecule has 1 N–H and O–H groups in total. The Hall–Kier alpha value is -2.71. The lowest BCUT2D eigenvalue weighted by atomic mass is 10.1. The number of aliphatic imine (C=N–C) groups is 2. The van der Waals surface area contributed by atoms with E-state index in [2.05, 4.69) is 31.2 Å². The molecule has 1 aliphatic rings. The highest BCUT2D eigenvalue weighted by atomic mass is 35.5. The molecule has 0 atom stereocenters. The first-order chi connectivity index (χ1) is 10.8. The van der Waals surface area contributed by atoms with Crippen LogP contribution in [-0.4, -0.2) is 34.6 Å². The fraction of sp³-hybridized carbons (Fsp3) is 0.125. The van der Waals surface area contributed by atoms with Crippen LogP contribution in [0.25, 0.3) is 0 Å². The molecule has 1 aliphatic heterocycles. The molecule has 5 nitrogen and oxygen atoms in total. The van der Waals surface area contributed by atoms with E-state index >= 15 is 0 Å². The molecule has 0 bridgehead atoms. The maximum atomic E-state index is 6.12. The van der Waals surface area contributed by atoms with Gasteiger partial charge in [0.05, 0.1) is 6.54 Å². The maximum absolute atomic E-state index is 6.12. The second-order valence-corrected chi connectivity index (χ2v) is 4.96. The third-order valence-electron chi connectivity index (χ3n) is 3.04. The zero-order chi connectivity index (χ0) is 15.4. The van der Waals surface area contributed by atoms with Gasteiger partial charge in [-0.3, -0.25) is 9.98 Å². The van der Waals surface area contributed by atoms with Crippen LogP contribution in [0, 0.1) is 12.3 Å². The fourth-order valence-corrected chi connectivity index (χ4v) is 2.27. The van der Waals surface area contributed by atoms with Crippen molar-refractivity contribution in [3.05, 3.63) is 53.1 Å². The van der Waals surface area contributed by atoms with Crippen LogP contribution in [0.4, 0.5) is 5.69 Å². The van der Waals surface area contributed by atoms with Gasteiger partial charge >= 0.3 is 0 Å². The first-order valence-corrected chi connectivity index (χ1v) is 7.01. The van der Waals surface area contributed by atoms with Crippen LogP contribution in [0.15, 0.2) is 46.6 Å². The molecule has 0 spiro atoms. The number of halogens is 1. The van der Waals surface area contributed by atoms with E-state index < -0.39 is 0 Å². The minimum atomic E-state index is 0.304. The average Bonchev–Trinajstić information content (AvgIpc) is 2.73. The monoisotopic (exact) mass is 309 g/mol. The SMILES string of the molecule is C#CCN=C1CN=C(c2ncccn2)c2cc(Cl)ccc2N1. The number of benzene rings is 1. The van der Waals surface area contributed by atoms with E-state index in [4.69, 9.17) is 18.0 Å². The molecule has 0 radical (unpaired) electrons. The summed E-state index contributed by atoms with van der Waals surface area (Å²) in [5, 5.41) is 3.87. The lowest BCUT2D eigenvalue weighted by Gasteiger charge is -2.10. The second-order valence-electron chi connectivity index (χ2n) is 4.52. The summed E-state index contributed by atoms with van der Waals surface area (Å²) < 4.78 is 0. The number of terminal acetylenes is 1. The van der Waals surface area contributed by atoms with Gasteiger partial charge in [0.25, 0.3) is 0 Å². The largest absolute Gasteiger partial charge is 0.342 e. The predicted octanol–water partition coefficient (Wildman–Crippen LogP) is 2.42. The van der Waals surface area contributed by atoms with E-state index in [9.17, 15) is 0 Å². The normalized spacial score (nSPS) is 15.3. The van der Waals surface area contributed by atoms with Gasteiger partial charge < -0.3 is 5.32 Å². The molecule has 0 saturated heterocycles. The van der Waals surface area contributed by atoms with Crippen LogP contribution >= 0.6 is 11.6 Å². The Labute approximate surface area is 133 Å². The highest BCUT2D eigenvalue weighted by Gasteiger charge is 2.19. The summed E-state index contributed by atoms with van der Waals surface area (Å²) in [7, 11) is 0. The molecule has 0 fully saturated rings. The second kappa shape index (κ2) is 6.37. The lowest BCUT2D eigenvalue weighted by Crippen LogP contribution is -2.15. The average molecular weight is 310 g/mol. The number of nitrogens with one attached hydrogen (secondary N) is 1. The number of amidine groups is 1. The third kappa shape index (κ3) is 2.97. The highest BCUT2D eigenvalue weighted by Crippen LogP contribution is 2.25. The van der Waals surface area contributed by atoms with Crippen LogP contribution in [0.1, 0.15) is 11.4 Å². The highest BCUT2D eigenvalue weighted by molar-refractivity contribution is 6.31. The Bertz CT molecular complexity index is 790. The van der Waals surface area contributed by atoms with Crippen LogP contribution in [0.5, 0.6) is 0 Å². The van der Waals surface area contributed by atoms with E-state index in [0.29, 0.717) is 35.5 Å². The minimum Gasteiger partial charge on any atom is -0.342 e. The van der Waals surface area contributed by atoms with Crippen LogP contribution in [0.2, 0.25) is 5.02 Å². The number of anilines is 1. The van der Waals surface area contributed by atoms with Crippen molar-refractivity contribution in [2.24, 2.45) is 9.98 Å². The summed E-state index contributed by atoms with van der Waals surface area (Å²) in [6, 6.07) is 7.29. The van der Waals surface area contributed by atoms with Gasteiger partial charge in [-0.1, -0.05) is 17.5 Å². The Morgan fingerprint density at radius 3 is 2.91 bits per heavy atom. The van der Waals surface area contributed by atoms with Crippen LogP contribution in [-0.2, 0) is 0 Å². The first-order valence-electron chi connectivity index (χ1n) is 6.63. The summed E-state index contributed by atoms with van der Waals surface area (Å²) in [5.74, 6) is 3.74. The van der Waals surface area contributed by atoms with Gasteiger partial charge in [0, 0.05) is 28.7 Å². The Morgan fingerprint density at radius 1 is 1.32 bits per heavy atom. The Balaban J connectivity index is 2.12. The number of nitrogens with zero attached hydrogens (tertiary/aromatic N) is 4. The molecule has 1 aromatic carbocycles. The predicted molar refractivity (Wildman–Crippen MR) is 88.7 cm³/mol. The number of aromatic nitrogens is 2. The number of hydrogen-bond donors (Lipinski definition) is 1. The van der Waals surface area contributed by atoms with Crippen molar-refractivity contribution in [2.75, 3.05) is 18.4 Å². The standard InChI is InChI=1S/C16H12ClN5/c1-2-6-18-14-10-21-15(16-19-7-3-8-20-16)12-9-11(17)4-5-13(12)22-14/h1,3-5,7-9H,6,10H2,(H,18,22). The number of benzodiazepines with no additional fused rings is 1. The van der Waals surface area contributed by atoms with Gasteiger partial charge in [-0.2, -0.15) is 0 Å². The molecule has 2 aromatic rings. The zero-order valence-electron chi connectivity index (χ0n) is 11.6. The van der Waals surface area contributed by atoms with E-state index in [1.807, 2.05) is 12.1 Å². The van der Waals surface area contributed by atoms with Crippen LogP contribution in [0.3, 0.4) is 0 Å². The minimum absolute atomic E-state index is 0.304. The first kappa shape index (κ1) is 14.2. The quantitative estimate of drug-likeness (QED) is 0.867. The van der Waals surface area contributed by atoms with Crippen LogP contribution < -0.4 is 5.32 Å². The molecule has 0 amide bonds. The van der Waals surface area contributed by atoms with Gasteiger partial charge in [-0.25, -0.2) is 9.97 Å². The smallest absolute Gasteiger partial charge is 0.178 e. The molecular formula is C16H12ClN5. The molecule has 0 unspecified atom stereocenters. The Morgan fingerprint density at radius 2 is 2.14 bits per heavy atom. The van der Waals surface area contributed by atoms with Crippen molar-refractivity contribution in [3.8, 4) is 12.3 Å². The van der Waals surface area contributed by atoms with Crippen molar-refractivity contribution in [3.63, 3.8) is 0 Å². The molecule has 0 saturated carbocycles. The summed E-state index contributed by atoms with van der Waals surface area (Å²) in [6.07, 6.45) is 8.62. The van der Waals surface area contributed by atoms with E-state index in [1.165, 1.54) is 0 Å². The molecule has 108 valence electrons. The summed E-state index contributed by atoms with van der Waals surface area (Å²) in [5.41, 5.74) is 2.37. The fourth-order valence-electron chi connectivity index (χ4n) is 2.10. The number of fused-ring (bicyclic) bond motifs is 1. The van der Waals surface area contributed by atoms with Crippen molar-refractivity contribution in [1.29, 1.82) is 0 Å². The van der Waals surface area contributed by atoms with Gasteiger partial charge in [0.1, 0.15) is 18.1 Å². The van der Waals surface area contributed by atoms with Gasteiger partial charge in [0.2, 0.25) is 0 Å². The summed E-state index contributed by atoms with van der Waals surface area (Å²) in [6.45, 7) is 0.680.